The van der Waals surface area contributed by atoms with E-state index in [1.54, 1.807) is 13.8 Å². The Balaban J connectivity index is 2.93. The fraction of sp³-hybridized carbons (Fsp3) is 0.500. The Kier molecular flexibility index (Phi) is 5.05. The van der Waals surface area contributed by atoms with Crippen LogP contribution in [0, 0.1) is 10.1 Å². The van der Waals surface area contributed by atoms with E-state index in [2.05, 4.69) is 31.0 Å². The quantitative estimate of drug-likeness (QED) is 0.582. The van der Waals surface area contributed by atoms with Gasteiger partial charge in [-0.05, 0) is 29.8 Å². The predicted octanol–water partition coefficient (Wildman–Crippen LogP) is 1.49. The first-order valence-electron chi connectivity index (χ1n) is 5.52. The molecule has 0 amide bonds. The topological polar surface area (TPSA) is 114 Å². The first-order chi connectivity index (χ1) is 9.02. The minimum atomic E-state index is -3.37. The smallest absolute Gasteiger partial charge is 0.311 e. The summed E-state index contributed by atoms with van der Waals surface area (Å²) in [5.41, 5.74) is -0.729. The van der Waals surface area contributed by atoms with Crippen molar-refractivity contribution >= 4 is 37.3 Å². The van der Waals surface area contributed by atoms with Gasteiger partial charge in [-0.3, -0.25) is 15.1 Å². The minimum Gasteiger partial charge on any atom is -0.377 e. The monoisotopic (exact) mass is 366 g/mol. The second kappa shape index (κ2) is 6.02. The zero-order chi connectivity index (χ0) is 15.6. The van der Waals surface area contributed by atoms with E-state index < -0.39 is 20.5 Å². The zero-order valence-corrected chi connectivity index (χ0v) is 13.6. The van der Waals surface area contributed by atoms with Crippen LogP contribution in [0.2, 0.25) is 0 Å². The van der Waals surface area contributed by atoms with Crippen molar-refractivity contribution in [2.75, 3.05) is 18.1 Å². The van der Waals surface area contributed by atoms with Gasteiger partial charge in [-0.2, -0.15) is 0 Å². The molecule has 0 bridgehead atoms. The van der Waals surface area contributed by atoms with Crippen LogP contribution in [0.4, 0.5) is 11.4 Å². The largest absolute Gasteiger partial charge is 0.377 e. The summed E-state index contributed by atoms with van der Waals surface area (Å²) in [6.07, 6.45) is 3.61. The molecule has 0 saturated carbocycles. The molecule has 1 aromatic heterocycles. The number of hydrogen-bond donors (Lipinski definition) is 2. The molecule has 0 fully saturated rings. The number of nitro groups is 1. The molecule has 0 saturated heterocycles. The van der Waals surface area contributed by atoms with Crippen LogP contribution in [0.25, 0.3) is 0 Å². The van der Waals surface area contributed by atoms with Gasteiger partial charge in [0.25, 0.3) is 0 Å². The van der Waals surface area contributed by atoms with Gasteiger partial charge >= 0.3 is 5.69 Å². The molecule has 2 N–H and O–H groups in total. The Bertz CT molecular complexity index is 618. The van der Waals surface area contributed by atoms with Gasteiger partial charge in [-0.15, -0.1) is 0 Å². The second-order valence-corrected chi connectivity index (χ2v) is 7.49. The Morgan fingerprint density at radius 1 is 1.45 bits per heavy atom. The maximum atomic E-state index is 11.2. The summed E-state index contributed by atoms with van der Waals surface area (Å²) in [7, 11) is -3.37. The molecule has 112 valence electrons. The molecular weight excluding hydrogens is 352 g/mol. The van der Waals surface area contributed by atoms with E-state index in [0.29, 0.717) is 4.47 Å². The molecule has 8 nitrogen and oxygen atoms in total. The van der Waals surface area contributed by atoms with Crippen LogP contribution in [0.3, 0.4) is 0 Å². The number of sulfonamides is 1. The third-order valence-electron chi connectivity index (χ3n) is 2.25. The van der Waals surface area contributed by atoms with E-state index in [0.717, 1.165) is 12.5 Å². The summed E-state index contributed by atoms with van der Waals surface area (Å²) < 4.78 is 25.3. The second-order valence-electron chi connectivity index (χ2n) is 4.88. The van der Waals surface area contributed by atoms with Gasteiger partial charge in [0.15, 0.2) is 0 Å². The van der Waals surface area contributed by atoms with Gasteiger partial charge in [0.05, 0.1) is 15.7 Å². The van der Waals surface area contributed by atoms with Gasteiger partial charge < -0.3 is 5.32 Å². The highest BCUT2D eigenvalue weighted by Gasteiger charge is 2.24. The lowest BCUT2D eigenvalue weighted by Crippen LogP contribution is -2.47. The van der Waals surface area contributed by atoms with Crippen molar-refractivity contribution in [3.05, 3.63) is 27.0 Å². The fourth-order valence-electron chi connectivity index (χ4n) is 1.59. The molecule has 1 rings (SSSR count). The number of hydrogen-bond acceptors (Lipinski definition) is 6. The predicted molar refractivity (Wildman–Crippen MR) is 79.1 cm³/mol. The van der Waals surface area contributed by atoms with Crippen LogP contribution in [-0.4, -0.2) is 36.7 Å². The van der Waals surface area contributed by atoms with Crippen molar-refractivity contribution in [2.45, 2.75) is 19.4 Å². The zero-order valence-electron chi connectivity index (χ0n) is 11.2. The normalized spacial score (nSPS) is 12.2. The van der Waals surface area contributed by atoms with Gasteiger partial charge in [0, 0.05) is 18.3 Å². The van der Waals surface area contributed by atoms with Crippen LogP contribution < -0.4 is 10.0 Å². The molecule has 0 unspecified atom stereocenters. The van der Waals surface area contributed by atoms with Crippen molar-refractivity contribution in [3.8, 4) is 0 Å². The molecule has 0 aliphatic rings. The van der Waals surface area contributed by atoms with E-state index in [1.807, 2.05) is 0 Å². The van der Waals surface area contributed by atoms with E-state index in [-0.39, 0.29) is 17.9 Å². The third kappa shape index (κ3) is 5.02. The van der Waals surface area contributed by atoms with Crippen molar-refractivity contribution in [1.29, 1.82) is 0 Å². The highest BCUT2D eigenvalue weighted by molar-refractivity contribution is 9.10. The summed E-state index contributed by atoms with van der Waals surface area (Å²) in [4.78, 5) is 14.1. The number of aromatic nitrogens is 1. The lowest BCUT2D eigenvalue weighted by molar-refractivity contribution is -0.384. The van der Waals surface area contributed by atoms with E-state index in [9.17, 15) is 18.5 Å². The molecule has 0 atom stereocenters. The molecule has 1 aromatic rings. The van der Waals surface area contributed by atoms with Crippen LogP contribution in [-0.2, 0) is 10.0 Å². The Labute approximate surface area is 125 Å². The maximum absolute atomic E-state index is 11.2. The molecule has 0 aromatic carbocycles. The van der Waals surface area contributed by atoms with Crippen molar-refractivity contribution in [3.63, 3.8) is 0 Å². The van der Waals surface area contributed by atoms with E-state index in [4.69, 9.17) is 0 Å². The first-order valence-corrected chi connectivity index (χ1v) is 8.21. The number of anilines is 1. The average molecular weight is 367 g/mol. The summed E-state index contributed by atoms with van der Waals surface area (Å²) in [5, 5.41) is 13.8. The third-order valence-corrected chi connectivity index (χ3v) is 3.77. The highest BCUT2D eigenvalue weighted by atomic mass is 79.9. The summed E-state index contributed by atoms with van der Waals surface area (Å²) >= 11 is 3.18. The van der Waals surface area contributed by atoms with E-state index >= 15 is 0 Å². The van der Waals surface area contributed by atoms with Crippen LogP contribution in [0.1, 0.15) is 13.8 Å². The highest BCUT2D eigenvalue weighted by Crippen LogP contribution is 2.31. The van der Waals surface area contributed by atoms with E-state index in [1.165, 1.54) is 6.20 Å². The van der Waals surface area contributed by atoms with Gasteiger partial charge in [-0.25, -0.2) is 13.1 Å². The Morgan fingerprint density at radius 2 is 2.05 bits per heavy atom. The van der Waals surface area contributed by atoms with Crippen molar-refractivity contribution < 1.29 is 13.3 Å². The number of halogens is 1. The van der Waals surface area contributed by atoms with Crippen LogP contribution in [0.5, 0.6) is 0 Å². The molecule has 1 heterocycles. The fourth-order valence-corrected chi connectivity index (χ4v) is 3.12. The SMILES string of the molecule is CC(C)(CNc1c(Br)cncc1[N+](=O)[O-])NS(C)(=O)=O. The molecule has 0 spiro atoms. The van der Waals surface area contributed by atoms with Crippen LogP contribution in [0.15, 0.2) is 16.9 Å². The Hall–Kier alpha value is -1.26. The molecule has 20 heavy (non-hydrogen) atoms. The molecule has 0 aliphatic heterocycles. The van der Waals surface area contributed by atoms with Crippen molar-refractivity contribution in [1.82, 2.24) is 9.71 Å². The number of pyridine rings is 1. The molecule has 0 radical (unpaired) electrons. The standard InChI is InChI=1S/C10H15BrN4O4S/c1-10(2,14-20(3,18)19)6-13-9-7(11)4-12-5-8(9)15(16)17/h4-5,14H,6H2,1-3H3,(H,12,13). The van der Waals surface area contributed by atoms with Crippen LogP contribution >= 0.6 is 15.9 Å². The average Bonchev–Trinajstić information content (AvgIpc) is 2.23. The molecule has 10 heteroatoms. The number of nitrogens with zero attached hydrogens (tertiary/aromatic N) is 2. The summed E-state index contributed by atoms with van der Waals surface area (Å²) in [6.45, 7) is 3.51. The summed E-state index contributed by atoms with van der Waals surface area (Å²) in [6, 6.07) is 0. The number of rotatable bonds is 6. The van der Waals surface area contributed by atoms with Gasteiger partial charge in [0.2, 0.25) is 10.0 Å². The Morgan fingerprint density at radius 3 is 2.55 bits per heavy atom. The van der Waals surface area contributed by atoms with Crippen molar-refractivity contribution in [2.24, 2.45) is 0 Å². The molecular formula is C10H15BrN4O4S. The lowest BCUT2D eigenvalue weighted by atomic mass is 10.1. The minimum absolute atomic E-state index is 0.170. The lowest BCUT2D eigenvalue weighted by Gasteiger charge is -2.25. The van der Waals surface area contributed by atoms with Gasteiger partial charge in [0.1, 0.15) is 11.9 Å². The van der Waals surface area contributed by atoms with Gasteiger partial charge in [-0.1, -0.05) is 0 Å². The molecule has 0 aliphatic carbocycles. The maximum Gasteiger partial charge on any atom is 0.311 e. The first kappa shape index (κ1) is 16.8. The summed E-state index contributed by atoms with van der Waals surface area (Å²) in [5.74, 6) is 0. The number of nitrogens with one attached hydrogen (secondary N) is 2.